The maximum absolute atomic E-state index is 11.3. The molecular weight excluding hydrogens is 258 g/mol. The molecule has 1 aliphatic rings. The molecule has 1 saturated heterocycles. The number of carbonyl (C=O) groups is 2. The van der Waals surface area contributed by atoms with Gasteiger partial charge >= 0.3 is 11.9 Å². The van der Waals surface area contributed by atoms with E-state index >= 15 is 0 Å². The van der Waals surface area contributed by atoms with Crippen molar-refractivity contribution in [2.75, 3.05) is 0 Å². The topological polar surface area (TPSA) is 56.3 Å². The number of hydrogen-bond acceptors (Lipinski definition) is 6. The molecule has 1 unspecified atom stereocenters. The predicted molar refractivity (Wildman–Crippen MR) is 65.0 cm³/mol. The number of thioether (sulfide) groups is 1. The monoisotopic (exact) mass is 265 g/mol. The van der Waals surface area contributed by atoms with E-state index in [1.807, 2.05) is 24.3 Å². The van der Waals surface area contributed by atoms with Crippen molar-refractivity contribution in [3.63, 3.8) is 0 Å². The van der Waals surface area contributed by atoms with Gasteiger partial charge in [-0.1, -0.05) is 23.9 Å². The van der Waals surface area contributed by atoms with Crippen molar-refractivity contribution < 1.29 is 14.3 Å². The molecule has 0 spiro atoms. The highest BCUT2D eigenvalue weighted by molar-refractivity contribution is 8.02. The molecule has 1 atom stereocenters. The van der Waals surface area contributed by atoms with Gasteiger partial charge in [-0.3, -0.25) is 9.59 Å². The van der Waals surface area contributed by atoms with E-state index in [1.165, 1.54) is 23.1 Å². The highest BCUT2D eigenvalue weighted by Crippen LogP contribution is 2.35. The van der Waals surface area contributed by atoms with Crippen LogP contribution in [0.1, 0.15) is 6.42 Å². The van der Waals surface area contributed by atoms with Gasteiger partial charge in [-0.15, -0.1) is 11.3 Å². The van der Waals surface area contributed by atoms with Crippen molar-refractivity contribution in [1.82, 2.24) is 4.98 Å². The van der Waals surface area contributed by atoms with Crippen LogP contribution in [0, 0.1) is 0 Å². The number of benzene rings is 1. The summed E-state index contributed by atoms with van der Waals surface area (Å²) >= 11 is 2.82. The summed E-state index contributed by atoms with van der Waals surface area (Å²) in [7, 11) is 0. The number of carbonyl (C=O) groups excluding carboxylic acids is 2. The number of para-hydroxylation sites is 1. The molecule has 0 radical (unpaired) electrons. The summed E-state index contributed by atoms with van der Waals surface area (Å²) in [5.41, 5.74) is 0.915. The zero-order chi connectivity index (χ0) is 11.8. The van der Waals surface area contributed by atoms with Gasteiger partial charge in [-0.25, -0.2) is 4.98 Å². The van der Waals surface area contributed by atoms with E-state index in [4.69, 9.17) is 0 Å². The summed E-state index contributed by atoms with van der Waals surface area (Å²) in [4.78, 5) is 26.7. The third-order valence-corrected chi connectivity index (χ3v) is 4.65. The number of esters is 2. The smallest absolute Gasteiger partial charge is 0.327 e. The van der Waals surface area contributed by atoms with Gasteiger partial charge in [-0.05, 0) is 12.1 Å². The second-order valence-electron chi connectivity index (χ2n) is 3.55. The van der Waals surface area contributed by atoms with Crippen LogP contribution in [-0.4, -0.2) is 22.2 Å². The average Bonchev–Trinajstić information content (AvgIpc) is 2.82. The van der Waals surface area contributed by atoms with Crippen molar-refractivity contribution in [3.8, 4) is 0 Å². The van der Waals surface area contributed by atoms with Gasteiger partial charge in [-0.2, -0.15) is 0 Å². The Morgan fingerprint density at radius 1 is 1.35 bits per heavy atom. The van der Waals surface area contributed by atoms with Gasteiger partial charge in [0.15, 0.2) is 4.34 Å². The Kier molecular flexibility index (Phi) is 2.60. The summed E-state index contributed by atoms with van der Waals surface area (Å²) in [6, 6.07) is 7.77. The molecule has 2 heterocycles. The fourth-order valence-electron chi connectivity index (χ4n) is 1.57. The Morgan fingerprint density at radius 3 is 2.88 bits per heavy atom. The minimum absolute atomic E-state index is 0.138. The number of cyclic esters (lactones) is 2. The molecule has 86 valence electrons. The normalized spacial score (nSPS) is 19.9. The van der Waals surface area contributed by atoms with Gasteiger partial charge in [0.25, 0.3) is 0 Å². The third-order valence-electron chi connectivity index (χ3n) is 2.35. The van der Waals surface area contributed by atoms with E-state index in [-0.39, 0.29) is 6.42 Å². The molecule has 0 saturated carbocycles. The van der Waals surface area contributed by atoms with Gasteiger partial charge in [0.2, 0.25) is 0 Å². The molecule has 0 bridgehead atoms. The van der Waals surface area contributed by atoms with Crippen LogP contribution in [0.4, 0.5) is 0 Å². The van der Waals surface area contributed by atoms with Crippen molar-refractivity contribution in [3.05, 3.63) is 24.3 Å². The lowest BCUT2D eigenvalue weighted by molar-refractivity contribution is -0.151. The Bertz CT molecular complexity index is 575. The molecule has 0 amide bonds. The van der Waals surface area contributed by atoms with E-state index < -0.39 is 17.2 Å². The first-order valence-electron chi connectivity index (χ1n) is 4.99. The molecule has 1 aromatic carbocycles. The molecule has 3 rings (SSSR count). The van der Waals surface area contributed by atoms with Crippen LogP contribution in [0.5, 0.6) is 0 Å². The second-order valence-corrected chi connectivity index (χ2v) is 6.03. The quantitative estimate of drug-likeness (QED) is 0.615. The number of aromatic nitrogens is 1. The van der Waals surface area contributed by atoms with Crippen LogP contribution in [0.25, 0.3) is 10.2 Å². The molecular formula is C11H7NO3S2. The molecule has 1 aliphatic heterocycles. The van der Waals surface area contributed by atoms with E-state index in [9.17, 15) is 9.59 Å². The Morgan fingerprint density at radius 2 is 2.18 bits per heavy atom. The third kappa shape index (κ3) is 2.05. The van der Waals surface area contributed by atoms with Gasteiger partial charge in [0.1, 0.15) is 5.25 Å². The molecule has 6 heteroatoms. The number of ether oxygens (including phenoxy) is 1. The molecule has 1 aromatic heterocycles. The van der Waals surface area contributed by atoms with Gasteiger partial charge in [0, 0.05) is 0 Å². The van der Waals surface area contributed by atoms with Gasteiger partial charge < -0.3 is 4.74 Å². The minimum Gasteiger partial charge on any atom is -0.392 e. The van der Waals surface area contributed by atoms with E-state index in [1.54, 1.807) is 0 Å². The number of nitrogens with zero attached hydrogens (tertiary/aromatic N) is 1. The van der Waals surface area contributed by atoms with E-state index in [2.05, 4.69) is 9.72 Å². The van der Waals surface area contributed by atoms with Crippen LogP contribution in [0.3, 0.4) is 0 Å². The van der Waals surface area contributed by atoms with Crippen LogP contribution >= 0.6 is 23.1 Å². The number of hydrogen-bond donors (Lipinski definition) is 0. The summed E-state index contributed by atoms with van der Waals surface area (Å²) in [6.45, 7) is 0. The van der Waals surface area contributed by atoms with Crippen molar-refractivity contribution >= 4 is 45.3 Å². The Balaban J connectivity index is 1.85. The van der Waals surface area contributed by atoms with Gasteiger partial charge in [0.05, 0.1) is 16.6 Å². The fraction of sp³-hybridized carbons (Fsp3) is 0.182. The molecule has 0 aliphatic carbocycles. The number of thiazole rings is 1. The zero-order valence-corrected chi connectivity index (χ0v) is 10.2. The summed E-state index contributed by atoms with van der Waals surface area (Å²) in [6.07, 6.45) is 0.138. The molecule has 17 heavy (non-hydrogen) atoms. The first kappa shape index (κ1) is 10.7. The number of rotatable bonds is 2. The van der Waals surface area contributed by atoms with Crippen LogP contribution < -0.4 is 0 Å². The zero-order valence-electron chi connectivity index (χ0n) is 8.58. The lowest BCUT2D eigenvalue weighted by Crippen LogP contribution is -2.08. The lowest BCUT2D eigenvalue weighted by Gasteiger charge is -1.98. The average molecular weight is 265 g/mol. The van der Waals surface area contributed by atoms with Crippen molar-refractivity contribution in [1.29, 1.82) is 0 Å². The standard InChI is InChI=1S/C11H7NO3S2/c13-9-5-8(10(14)15-9)17-11-12-6-3-1-2-4-7(6)16-11/h1-4,8H,5H2. The first-order chi connectivity index (χ1) is 8.22. The largest absolute Gasteiger partial charge is 0.392 e. The van der Waals surface area contributed by atoms with Crippen molar-refractivity contribution in [2.24, 2.45) is 0 Å². The molecule has 0 N–H and O–H groups in total. The Labute approximate surface area is 105 Å². The van der Waals surface area contributed by atoms with E-state index in [0.717, 1.165) is 14.6 Å². The number of fused-ring (bicyclic) bond motifs is 1. The maximum Gasteiger partial charge on any atom is 0.327 e. The van der Waals surface area contributed by atoms with Crippen molar-refractivity contribution in [2.45, 2.75) is 16.0 Å². The lowest BCUT2D eigenvalue weighted by atomic mass is 10.3. The summed E-state index contributed by atoms with van der Waals surface area (Å²) in [5, 5.41) is -0.442. The highest BCUT2D eigenvalue weighted by Gasteiger charge is 2.34. The first-order valence-corrected chi connectivity index (χ1v) is 6.69. The van der Waals surface area contributed by atoms with Crippen LogP contribution in [-0.2, 0) is 14.3 Å². The minimum atomic E-state index is -0.459. The molecule has 4 nitrogen and oxygen atoms in total. The second kappa shape index (κ2) is 4.12. The Hall–Kier alpha value is -1.40. The summed E-state index contributed by atoms with van der Waals surface area (Å²) < 4.78 is 6.37. The SMILES string of the molecule is O=C1CC(Sc2nc3ccccc3s2)C(=O)O1. The molecule has 1 fully saturated rings. The highest BCUT2D eigenvalue weighted by atomic mass is 32.2. The maximum atomic E-state index is 11.3. The van der Waals surface area contributed by atoms with Crippen LogP contribution in [0.15, 0.2) is 28.6 Å². The molecule has 2 aromatic rings. The van der Waals surface area contributed by atoms with Crippen LogP contribution in [0.2, 0.25) is 0 Å². The summed E-state index contributed by atoms with van der Waals surface area (Å²) in [5.74, 6) is -0.909. The fourth-order valence-corrected chi connectivity index (χ4v) is 3.83. The van der Waals surface area contributed by atoms with E-state index in [0.29, 0.717) is 0 Å². The predicted octanol–water partition coefficient (Wildman–Crippen LogP) is 2.23.